The number of hydrogen-bond acceptors (Lipinski definition) is 3. The van der Waals surface area contributed by atoms with Crippen molar-refractivity contribution >= 4 is 11.3 Å². The van der Waals surface area contributed by atoms with E-state index < -0.39 is 0 Å². The molecule has 0 bridgehead atoms. The molecule has 0 amide bonds. The van der Waals surface area contributed by atoms with Gasteiger partial charge in [0.2, 0.25) is 0 Å². The highest BCUT2D eigenvalue weighted by Crippen LogP contribution is 2.11. The summed E-state index contributed by atoms with van der Waals surface area (Å²) in [6.45, 7) is 2.82. The Morgan fingerprint density at radius 2 is 2.50 bits per heavy atom. The molecule has 1 unspecified atom stereocenters. The summed E-state index contributed by atoms with van der Waals surface area (Å²) in [5, 5.41) is 2.06. The van der Waals surface area contributed by atoms with Crippen LogP contribution in [0.2, 0.25) is 0 Å². The maximum absolute atomic E-state index is 5.77. The zero-order chi connectivity index (χ0) is 9.97. The lowest BCUT2D eigenvalue weighted by molar-refractivity contribution is 0.766. The smallest absolute Gasteiger partial charge is 0.0795 e. The molecule has 4 heteroatoms. The van der Waals surface area contributed by atoms with Crippen LogP contribution in [0.1, 0.15) is 24.2 Å². The quantitative estimate of drug-likeness (QED) is 0.836. The Morgan fingerprint density at radius 1 is 1.64 bits per heavy atom. The summed E-state index contributed by atoms with van der Waals surface area (Å²) in [5.74, 6) is 0. The lowest BCUT2D eigenvalue weighted by Gasteiger charge is -2.01. The van der Waals surface area contributed by atoms with Crippen molar-refractivity contribution in [2.24, 2.45) is 5.73 Å². The molecule has 2 heterocycles. The third-order valence-electron chi connectivity index (χ3n) is 2.13. The maximum Gasteiger partial charge on any atom is 0.0795 e. The molecule has 2 N–H and O–H groups in total. The zero-order valence-corrected chi connectivity index (χ0v) is 8.87. The van der Waals surface area contributed by atoms with Crippen LogP contribution >= 0.6 is 11.3 Å². The average molecular weight is 207 g/mol. The van der Waals surface area contributed by atoms with E-state index in [1.807, 2.05) is 18.6 Å². The summed E-state index contributed by atoms with van der Waals surface area (Å²) >= 11 is 1.62. The Morgan fingerprint density at radius 3 is 3.07 bits per heavy atom. The number of aromatic nitrogens is 2. The van der Waals surface area contributed by atoms with Gasteiger partial charge in [-0.1, -0.05) is 0 Å². The Labute approximate surface area is 87.2 Å². The van der Waals surface area contributed by atoms with E-state index in [4.69, 9.17) is 5.73 Å². The van der Waals surface area contributed by atoms with Crippen LogP contribution in [-0.4, -0.2) is 9.55 Å². The van der Waals surface area contributed by atoms with Crippen LogP contribution in [-0.2, 0) is 6.54 Å². The third-order valence-corrected chi connectivity index (χ3v) is 2.76. The number of nitrogens with two attached hydrogens (primary N) is 1. The minimum absolute atomic E-state index is 0.103. The second-order valence-electron chi connectivity index (χ2n) is 3.39. The minimum atomic E-state index is 0.103. The van der Waals surface area contributed by atoms with Crippen LogP contribution in [0.3, 0.4) is 0 Å². The van der Waals surface area contributed by atoms with Crippen molar-refractivity contribution in [3.63, 3.8) is 0 Å². The van der Waals surface area contributed by atoms with Crippen molar-refractivity contribution in [1.29, 1.82) is 0 Å². The molecule has 0 aliphatic heterocycles. The lowest BCUT2D eigenvalue weighted by Crippen LogP contribution is -2.03. The normalized spacial score (nSPS) is 13.0. The minimum Gasteiger partial charge on any atom is -0.348 e. The second kappa shape index (κ2) is 3.94. The molecule has 0 radical (unpaired) electrons. The molecule has 0 aliphatic rings. The first kappa shape index (κ1) is 9.43. The Hall–Kier alpha value is -1.13. The number of rotatable bonds is 3. The van der Waals surface area contributed by atoms with Crippen molar-refractivity contribution in [2.45, 2.75) is 19.5 Å². The lowest BCUT2D eigenvalue weighted by atomic mass is 10.2. The molecule has 0 fully saturated rings. The van der Waals surface area contributed by atoms with Gasteiger partial charge in [-0.05, 0) is 18.6 Å². The third kappa shape index (κ3) is 2.02. The van der Waals surface area contributed by atoms with Crippen molar-refractivity contribution in [3.8, 4) is 0 Å². The molecule has 74 valence electrons. The van der Waals surface area contributed by atoms with Gasteiger partial charge in [0.25, 0.3) is 0 Å². The molecular weight excluding hydrogens is 194 g/mol. The summed E-state index contributed by atoms with van der Waals surface area (Å²) in [6.07, 6.45) is 4.11. The van der Waals surface area contributed by atoms with Gasteiger partial charge in [0.1, 0.15) is 0 Å². The van der Waals surface area contributed by atoms with Gasteiger partial charge in [0.05, 0.1) is 17.7 Å². The molecule has 1 atom stereocenters. The fourth-order valence-corrected chi connectivity index (χ4v) is 1.88. The van der Waals surface area contributed by atoms with E-state index in [1.165, 1.54) is 5.56 Å². The fourth-order valence-electron chi connectivity index (χ4n) is 1.33. The van der Waals surface area contributed by atoms with Crippen molar-refractivity contribution in [3.05, 3.63) is 40.6 Å². The van der Waals surface area contributed by atoms with Gasteiger partial charge in [0, 0.05) is 23.8 Å². The Bertz CT molecular complexity index is 389. The van der Waals surface area contributed by atoms with Gasteiger partial charge in [-0.25, -0.2) is 4.98 Å². The largest absolute Gasteiger partial charge is 0.348 e. The van der Waals surface area contributed by atoms with Gasteiger partial charge >= 0.3 is 0 Å². The van der Waals surface area contributed by atoms with Gasteiger partial charge in [-0.2, -0.15) is 0 Å². The van der Waals surface area contributed by atoms with Crippen molar-refractivity contribution in [2.75, 3.05) is 0 Å². The highest BCUT2D eigenvalue weighted by atomic mass is 32.1. The molecule has 0 spiro atoms. The van der Waals surface area contributed by atoms with E-state index in [-0.39, 0.29) is 6.04 Å². The second-order valence-corrected chi connectivity index (χ2v) is 4.10. The van der Waals surface area contributed by atoms with Crippen molar-refractivity contribution < 1.29 is 0 Å². The van der Waals surface area contributed by atoms with Crippen LogP contribution in [0.15, 0.2) is 29.4 Å². The monoisotopic (exact) mass is 207 g/mol. The molecule has 0 saturated heterocycles. The molecule has 0 aromatic carbocycles. The fraction of sp³-hybridized carbons (Fsp3) is 0.300. The summed E-state index contributed by atoms with van der Waals surface area (Å²) in [7, 11) is 0. The SMILES string of the molecule is CC(N)c1ccn(Cc2cscn2)c1. The van der Waals surface area contributed by atoms with Gasteiger partial charge < -0.3 is 10.3 Å². The first-order valence-corrected chi connectivity index (χ1v) is 5.48. The topological polar surface area (TPSA) is 43.8 Å². The Kier molecular flexibility index (Phi) is 2.65. The van der Waals surface area contributed by atoms with Crippen LogP contribution in [0.4, 0.5) is 0 Å². The van der Waals surface area contributed by atoms with E-state index in [1.54, 1.807) is 11.3 Å². The maximum atomic E-state index is 5.77. The molecular formula is C10H13N3S. The van der Waals surface area contributed by atoms with Crippen LogP contribution in [0.25, 0.3) is 0 Å². The predicted molar refractivity (Wildman–Crippen MR) is 58.3 cm³/mol. The van der Waals surface area contributed by atoms with E-state index in [9.17, 15) is 0 Å². The van der Waals surface area contributed by atoms with E-state index >= 15 is 0 Å². The van der Waals surface area contributed by atoms with Gasteiger partial charge in [0.15, 0.2) is 0 Å². The number of thiazole rings is 1. The van der Waals surface area contributed by atoms with E-state index in [2.05, 4.69) is 27.2 Å². The zero-order valence-electron chi connectivity index (χ0n) is 8.05. The molecule has 2 aromatic rings. The molecule has 3 nitrogen and oxygen atoms in total. The first-order chi connectivity index (χ1) is 6.75. The average Bonchev–Trinajstić information content (AvgIpc) is 2.75. The molecule has 2 aromatic heterocycles. The van der Waals surface area contributed by atoms with E-state index in [0.29, 0.717) is 0 Å². The standard InChI is InChI=1S/C10H13N3S/c1-8(11)9-2-3-13(4-9)5-10-6-14-7-12-10/h2-4,6-8H,5,11H2,1H3. The number of nitrogens with zero attached hydrogens (tertiary/aromatic N) is 2. The molecule has 2 rings (SSSR count). The Balaban J connectivity index is 2.11. The van der Waals surface area contributed by atoms with E-state index in [0.717, 1.165) is 12.2 Å². The molecule has 0 saturated carbocycles. The first-order valence-electron chi connectivity index (χ1n) is 4.54. The summed E-state index contributed by atoms with van der Waals surface area (Å²) in [6, 6.07) is 2.16. The summed E-state index contributed by atoms with van der Waals surface area (Å²) < 4.78 is 2.10. The molecule has 0 aliphatic carbocycles. The summed E-state index contributed by atoms with van der Waals surface area (Å²) in [4.78, 5) is 4.23. The van der Waals surface area contributed by atoms with Crippen LogP contribution < -0.4 is 5.73 Å². The predicted octanol–water partition coefficient (Wildman–Crippen LogP) is 2.01. The van der Waals surface area contributed by atoms with Crippen LogP contribution in [0.5, 0.6) is 0 Å². The highest BCUT2D eigenvalue weighted by Gasteiger charge is 2.02. The van der Waals surface area contributed by atoms with Crippen molar-refractivity contribution in [1.82, 2.24) is 9.55 Å². The van der Waals surface area contributed by atoms with Crippen LogP contribution in [0, 0.1) is 0 Å². The number of hydrogen-bond donors (Lipinski definition) is 1. The molecule has 14 heavy (non-hydrogen) atoms. The highest BCUT2D eigenvalue weighted by molar-refractivity contribution is 7.07. The van der Waals surface area contributed by atoms with Gasteiger partial charge in [-0.15, -0.1) is 11.3 Å². The van der Waals surface area contributed by atoms with Gasteiger partial charge in [-0.3, -0.25) is 0 Å². The summed E-state index contributed by atoms with van der Waals surface area (Å²) in [5.41, 5.74) is 9.89.